The van der Waals surface area contributed by atoms with E-state index in [1.807, 2.05) is 0 Å². The summed E-state index contributed by atoms with van der Waals surface area (Å²) in [5.41, 5.74) is 8.76. The summed E-state index contributed by atoms with van der Waals surface area (Å²) in [7, 11) is 0. The molecule has 6 aromatic carbocycles. The highest BCUT2D eigenvalue weighted by atomic mass is 16.5. The Morgan fingerprint density at radius 1 is 0.605 bits per heavy atom. The summed E-state index contributed by atoms with van der Waals surface area (Å²) in [6, 6.07) is 41.5. The second kappa shape index (κ2) is 9.68. The van der Waals surface area contributed by atoms with E-state index in [0.29, 0.717) is 0 Å². The number of nitrogens with zero attached hydrogens (tertiary/aromatic N) is 1. The summed E-state index contributed by atoms with van der Waals surface area (Å²) in [5.74, 6) is 1.24. The van der Waals surface area contributed by atoms with Crippen LogP contribution >= 0.6 is 0 Å². The Balaban J connectivity index is 1.15. The lowest BCUT2D eigenvalue weighted by Crippen LogP contribution is -2.27. The molecule has 0 aromatic heterocycles. The summed E-state index contributed by atoms with van der Waals surface area (Å²) in [5, 5.41) is 7.54. The van der Waals surface area contributed by atoms with Crippen molar-refractivity contribution in [3.63, 3.8) is 0 Å². The van der Waals surface area contributed by atoms with E-state index in [1.54, 1.807) is 0 Å². The molecule has 0 N–H and O–H groups in total. The van der Waals surface area contributed by atoms with Crippen molar-refractivity contribution < 1.29 is 4.74 Å². The molecule has 0 fully saturated rings. The topological polar surface area (TPSA) is 21.6 Å². The van der Waals surface area contributed by atoms with Crippen LogP contribution in [-0.2, 0) is 0 Å². The average Bonchev–Trinajstić information content (AvgIpc) is 3.47. The van der Waals surface area contributed by atoms with E-state index in [2.05, 4.69) is 140 Å². The Kier molecular flexibility index (Phi) is 5.49. The molecule has 204 valence electrons. The predicted octanol–water partition coefficient (Wildman–Crippen LogP) is 10.4. The zero-order valence-electron chi connectivity index (χ0n) is 23.7. The summed E-state index contributed by atoms with van der Waals surface area (Å²) in [4.78, 5) is 5.16. The smallest absolute Gasteiger partial charge is 0.136 e. The zero-order valence-corrected chi connectivity index (χ0v) is 23.7. The van der Waals surface area contributed by atoms with Crippen LogP contribution in [0.25, 0.3) is 49.0 Å². The molecule has 1 aliphatic carbocycles. The second-order valence-electron chi connectivity index (χ2n) is 11.7. The molecular weight excluding hydrogens is 522 g/mol. The number of hydrogen-bond donors (Lipinski definition) is 0. The minimum atomic E-state index is -0.0358. The molecule has 0 saturated heterocycles. The largest absolute Gasteiger partial charge is 0.484 e. The van der Waals surface area contributed by atoms with Gasteiger partial charge in [-0.2, -0.15) is 0 Å². The van der Waals surface area contributed by atoms with Crippen molar-refractivity contribution in [1.29, 1.82) is 0 Å². The van der Waals surface area contributed by atoms with Gasteiger partial charge in [-0.25, -0.2) is 0 Å². The minimum absolute atomic E-state index is 0.0358. The van der Waals surface area contributed by atoms with Crippen LogP contribution in [0.5, 0.6) is 5.75 Å². The first-order valence-corrected chi connectivity index (χ1v) is 15.2. The lowest BCUT2D eigenvalue weighted by molar-refractivity contribution is 0.264. The number of aliphatic imine (C=N–C) groups is 1. The van der Waals surface area contributed by atoms with E-state index in [0.717, 1.165) is 24.3 Å². The summed E-state index contributed by atoms with van der Waals surface area (Å²) >= 11 is 0. The summed E-state index contributed by atoms with van der Waals surface area (Å²) < 4.78 is 6.75. The lowest BCUT2D eigenvalue weighted by atomic mass is 9.81. The molecule has 6 aromatic rings. The van der Waals surface area contributed by atoms with Gasteiger partial charge in [0.15, 0.2) is 0 Å². The number of benzene rings is 6. The third-order valence-electron chi connectivity index (χ3n) is 9.40. The molecule has 3 aliphatic rings. The van der Waals surface area contributed by atoms with Gasteiger partial charge in [0.2, 0.25) is 0 Å². The van der Waals surface area contributed by atoms with E-state index >= 15 is 0 Å². The second-order valence-corrected chi connectivity index (χ2v) is 11.7. The fourth-order valence-corrected chi connectivity index (χ4v) is 7.45. The molecule has 0 bridgehead atoms. The van der Waals surface area contributed by atoms with Crippen LogP contribution in [0.2, 0.25) is 0 Å². The first-order valence-electron chi connectivity index (χ1n) is 15.2. The van der Waals surface area contributed by atoms with Gasteiger partial charge in [-0.05, 0) is 62.0 Å². The van der Waals surface area contributed by atoms with Gasteiger partial charge in [-0.1, -0.05) is 133 Å². The fourth-order valence-electron chi connectivity index (χ4n) is 7.45. The molecule has 9 rings (SSSR count). The van der Waals surface area contributed by atoms with Gasteiger partial charge >= 0.3 is 0 Å². The number of ether oxygens (including phenoxy) is 1. The summed E-state index contributed by atoms with van der Waals surface area (Å²) in [6.07, 6.45) is 10.6. The molecule has 2 nitrogen and oxygen atoms in total. The van der Waals surface area contributed by atoms with E-state index in [-0.39, 0.29) is 12.0 Å². The molecule has 43 heavy (non-hydrogen) atoms. The van der Waals surface area contributed by atoms with E-state index in [9.17, 15) is 0 Å². The normalized spacial score (nSPS) is 19.0. The van der Waals surface area contributed by atoms with Crippen molar-refractivity contribution in [1.82, 2.24) is 0 Å². The highest BCUT2D eigenvalue weighted by Gasteiger charge is 2.39. The van der Waals surface area contributed by atoms with Crippen LogP contribution in [0.4, 0.5) is 0 Å². The SMILES string of the molecule is C1=CC2c3ccc4ccccc4c3OC2C(C2=NC=C(c3c4ccccc4c(-c4ccccc4)c4ccccc34)CC2)=C1. The van der Waals surface area contributed by atoms with Gasteiger partial charge in [0.25, 0.3) is 0 Å². The molecule has 0 saturated carbocycles. The molecule has 0 radical (unpaired) electrons. The number of hydrogen-bond acceptors (Lipinski definition) is 2. The minimum Gasteiger partial charge on any atom is -0.484 e. The number of allylic oxidation sites excluding steroid dienone is 3. The van der Waals surface area contributed by atoms with Gasteiger partial charge in [0.1, 0.15) is 11.9 Å². The van der Waals surface area contributed by atoms with Gasteiger partial charge in [-0.3, -0.25) is 4.99 Å². The Bertz CT molecular complexity index is 2160. The number of fused-ring (bicyclic) bond motifs is 7. The molecule has 2 unspecified atom stereocenters. The lowest BCUT2D eigenvalue weighted by Gasteiger charge is -2.26. The number of rotatable bonds is 3. The maximum Gasteiger partial charge on any atom is 0.136 e. The molecule has 2 aliphatic heterocycles. The Morgan fingerprint density at radius 3 is 1.95 bits per heavy atom. The molecule has 0 spiro atoms. The van der Waals surface area contributed by atoms with E-state index in [1.165, 1.54) is 65.7 Å². The van der Waals surface area contributed by atoms with Gasteiger partial charge in [0.05, 0.1) is 0 Å². The van der Waals surface area contributed by atoms with Crippen molar-refractivity contribution in [2.45, 2.75) is 24.9 Å². The van der Waals surface area contributed by atoms with Gasteiger partial charge < -0.3 is 4.74 Å². The standard InChI is InChI=1S/C41H29NO/c1-2-12-27(13-3-1)38-30-15-6-8-17-32(30)39(33-18-9-7-16-31(33)38)28-22-24-37(42-25-28)36-20-10-19-34-35-23-21-26-11-4-5-14-29(26)40(35)43-41(34)36/h1-21,23,25,34,41H,22,24H2. The third-order valence-corrected chi connectivity index (χ3v) is 9.40. The zero-order chi connectivity index (χ0) is 28.3. The van der Waals surface area contributed by atoms with Crippen LogP contribution < -0.4 is 4.74 Å². The summed E-state index contributed by atoms with van der Waals surface area (Å²) in [6.45, 7) is 0. The maximum absolute atomic E-state index is 6.75. The monoisotopic (exact) mass is 551 g/mol. The van der Waals surface area contributed by atoms with Crippen LogP contribution in [0.15, 0.2) is 150 Å². The molecule has 2 atom stereocenters. The first kappa shape index (κ1) is 24.4. The van der Waals surface area contributed by atoms with Crippen molar-refractivity contribution in [2.24, 2.45) is 4.99 Å². The van der Waals surface area contributed by atoms with Crippen molar-refractivity contribution in [2.75, 3.05) is 0 Å². The third kappa shape index (κ3) is 3.76. The van der Waals surface area contributed by atoms with Gasteiger partial charge in [-0.15, -0.1) is 0 Å². The first-order chi connectivity index (χ1) is 21.3. The Labute approximate surface area is 251 Å². The highest BCUT2D eigenvalue weighted by Crippen LogP contribution is 2.48. The molecule has 0 amide bonds. The average molecular weight is 552 g/mol. The predicted molar refractivity (Wildman–Crippen MR) is 180 cm³/mol. The fraction of sp³-hybridized carbons (Fsp3) is 0.0976. The molecule has 2 heterocycles. The van der Waals surface area contributed by atoms with Crippen molar-refractivity contribution in [3.05, 3.63) is 156 Å². The van der Waals surface area contributed by atoms with E-state index in [4.69, 9.17) is 9.73 Å². The van der Waals surface area contributed by atoms with E-state index < -0.39 is 0 Å². The highest BCUT2D eigenvalue weighted by molar-refractivity contribution is 6.19. The van der Waals surface area contributed by atoms with Crippen LogP contribution in [0.1, 0.15) is 29.9 Å². The van der Waals surface area contributed by atoms with Gasteiger partial charge in [0, 0.05) is 34.4 Å². The Hall–Kier alpha value is -5.21. The van der Waals surface area contributed by atoms with Crippen molar-refractivity contribution in [3.8, 4) is 16.9 Å². The van der Waals surface area contributed by atoms with Crippen LogP contribution in [-0.4, -0.2) is 11.8 Å². The van der Waals surface area contributed by atoms with Crippen molar-refractivity contribution >= 4 is 43.6 Å². The quantitative estimate of drug-likeness (QED) is 0.201. The van der Waals surface area contributed by atoms with Crippen LogP contribution in [0.3, 0.4) is 0 Å². The molecular formula is C41H29NO. The Morgan fingerprint density at radius 2 is 1.26 bits per heavy atom. The van der Waals surface area contributed by atoms with Crippen LogP contribution in [0, 0.1) is 0 Å². The maximum atomic E-state index is 6.75. The molecule has 2 heteroatoms.